The van der Waals surface area contributed by atoms with Crippen molar-refractivity contribution in [1.82, 2.24) is 4.90 Å². The molecule has 1 aliphatic rings. The summed E-state index contributed by atoms with van der Waals surface area (Å²) in [7, 11) is 0. The molecule has 3 nitrogen and oxygen atoms in total. The van der Waals surface area contributed by atoms with Crippen LogP contribution in [0.3, 0.4) is 0 Å². The Hall–Kier alpha value is -1.64. The lowest BCUT2D eigenvalue weighted by molar-refractivity contribution is -0.144. The highest BCUT2D eigenvalue weighted by atomic mass is 16.2. The molecular weight excluding hydrogens is 214 g/mol. The monoisotopic (exact) mass is 233 g/mol. The Morgan fingerprint density at radius 1 is 1.29 bits per heavy atom. The van der Waals surface area contributed by atoms with Crippen molar-refractivity contribution in [2.45, 2.75) is 33.6 Å². The van der Waals surface area contributed by atoms with Crippen molar-refractivity contribution in [3.05, 3.63) is 36.6 Å². The summed E-state index contributed by atoms with van der Waals surface area (Å²) in [6.07, 6.45) is 4.55. The first-order valence-electron chi connectivity index (χ1n) is 5.84. The van der Waals surface area contributed by atoms with E-state index in [9.17, 15) is 9.59 Å². The Balaban J connectivity index is 3.52. The molecule has 0 aromatic rings. The standard InChI is InChI=1S/C14H19NO2/c1-6-11-12(7-2)15(10(5)16)13(17)14(11,8-3)9-4/h6-7H,1-2,8-9H2,3-5H3. The number of rotatable bonds is 4. The molecule has 2 amide bonds. The first-order valence-corrected chi connectivity index (χ1v) is 5.84. The molecule has 92 valence electrons. The zero-order chi connectivity index (χ0) is 13.2. The third kappa shape index (κ3) is 1.66. The summed E-state index contributed by atoms with van der Waals surface area (Å²) in [6.45, 7) is 12.8. The number of hydrogen-bond donors (Lipinski definition) is 0. The highest BCUT2D eigenvalue weighted by Crippen LogP contribution is 2.46. The maximum atomic E-state index is 12.4. The smallest absolute Gasteiger partial charge is 0.244 e. The van der Waals surface area contributed by atoms with Gasteiger partial charge in [-0.15, -0.1) is 0 Å². The number of imide groups is 1. The van der Waals surface area contributed by atoms with E-state index in [1.807, 2.05) is 13.8 Å². The fourth-order valence-electron chi connectivity index (χ4n) is 2.55. The van der Waals surface area contributed by atoms with Crippen LogP contribution in [-0.4, -0.2) is 16.7 Å². The quantitative estimate of drug-likeness (QED) is 0.748. The van der Waals surface area contributed by atoms with Crippen LogP contribution >= 0.6 is 0 Å². The van der Waals surface area contributed by atoms with E-state index in [4.69, 9.17) is 0 Å². The molecule has 0 unspecified atom stereocenters. The van der Waals surface area contributed by atoms with Gasteiger partial charge in [0, 0.05) is 6.92 Å². The molecule has 0 saturated carbocycles. The summed E-state index contributed by atoms with van der Waals surface area (Å²) in [4.78, 5) is 25.3. The zero-order valence-corrected chi connectivity index (χ0v) is 10.7. The molecular formula is C14H19NO2. The number of allylic oxidation sites excluding steroid dienone is 2. The van der Waals surface area contributed by atoms with Crippen LogP contribution in [0.5, 0.6) is 0 Å². The van der Waals surface area contributed by atoms with Gasteiger partial charge in [-0.3, -0.25) is 9.59 Å². The van der Waals surface area contributed by atoms with Gasteiger partial charge in [-0.25, -0.2) is 4.90 Å². The second-order valence-corrected chi connectivity index (χ2v) is 4.16. The topological polar surface area (TPSA) is 37.4 Å². The van der Waals surface area contributed by atoms with E-state index in [0.717, 1.165) is 5.57 Å². The van der Waals surface area contributed by atoms with Crippen molar-refractivity contribution in [2.75, 3.05) is 0 Å². The van der Waals surface area contributed by atoms with E-state index < -0.39 is 5.41 Å². The van der Waals surface area contributed by atoms with Crippen molar-refractivity contribution in [3.63, 3.8) is 0 Å². The molecule has 0 fully saturated rings. The van der Waals surface area contributed by atoms with Crippen molar-refractivity contribution in [2.24, 2.45) is 5.41 Å². The van der Waals surface area contributed by atoms with Gasteiger partial charge in [-0.1, -0.05) is 33.1 Å². The van der Waals surface area contributed by atoms with Crippen LogP contribution in [0.15, 0.2) is 36.6 Å². The molecule has 0 aliphatic carbocycles. The van der Waals surface area contributed by atoms with Crippen LogP contribution in [0.4, 0.5) is 0 Å². The van der Waals surface area contributed by atoms with Crippen molar-refractivity contribution in [3.8, 4) is 0 Å². The molecule has 0 spiro atoms. The van der Waals surface area contributed by atoms with E-state index >= 15 is 0 Å². The molecule has 0 N–H and O–H groups in total. The predicted octanol–water partition coefficient (Wildman–Crippen LogP) is 2.81. The van der Waals surface area contributed by atoms with Gasteiger partial charge in [-0.2, -0.15) is 0 Å². The number of nitrogens with zero attached hydrogens (tertiary/aromatic N) is 1. The van der Waals surface area contributed by atoms with Crippen LogP contribution in [-0.2, 0) is 9.59 Å². The Labute approximate surface area is 102 Å². The Bertz CT molecular complexity index is 414. The summed E-state index contributed by atoms with van der Waals surface area (Å²) in [5.74, 6) is -0.423. The third-order valence-electron chi connectivity index (χ3n) is 3.56. The van der Waals surface area contributed by atoms with Crippen LogP contribution in [0.25, 0.3) is 0 Å². The van der Waals surface area contributed by atoms with Crippen molar-refractivity contribution in [1.29, 1.82) is 0 Å². The molecule has 1 rings (SSSR count). The first-order chi connectivity index (χ1) is 7.99. The Morgan fingerprint density at radius 2 is 1.82 bits per heavy atom. The van der Waals surface area contributed by atoms with Crippen LogP contribution in [0.2, 0.25) is 0 Å². The lowest BCUT2D eigenvalue weighted by Gasteiger charge is -2.26. The van der Waals surface area contributed by atoms with Gasteiger partial charge in [0.2, 0.25) is 11.8 Å². The Kier molecular flexibility index (Phi) is 3.71. The average Bonchev–Trinajstić information content (AvgIpc) is 2.57. The maximum Gasteiger partial charge on any atom is 0.244 e. The average molecular weight is 233 g/mol. The zero-order valence-electron chi connectivity index (χ0n) is 10.7. The highest BCUT2D eigenvalue weighted by Gasteiger charge is 2.49. The number of carbonyl (C=O) groups is 2. The largest absolute Gasteiger partial charge is 0.274 e. The number of amides is 2. The van der Waals surface area contributed by atoms with E-state index in [1.54, 1.807) is 12.2 Å². The van der Waals surface area contributed by atoms with Gasteiger partial charge in [0.05, 0.1) is 11.1 Å². The third-order valence-corrected chi connectivity index (χ3v) is 3.56. The van der Waals surface area contributed by atoms with Gasteiger partial charge in [0.25, 0.3) is 0 Å². The number of hydrogen-bond acceptors (Lipinski definition) is 2. The fraction of sp³-hybridized carbons (Fsp3) is 0.429. The molecule has 0 radical (unpaired) electrons. The summed E-state index contributed by atoms with van der Waals surface area (Å²) in [5.41, 5.74) is 0.788. The van der Waals surface area contributed by atoms with Gasteiger partial charge in [-0.05, 0) is 24.5 Å². The molecule has 3 heteroatoms. The maximum absolute atomic E-state index is 12.4. The molecule has 0 saturated heterocycles. The van der Waals surface area contributed by atoms with Gasteiger partial charge in [0.15, 0.2) is 0 Å². The highest BCUT2D eigenvalue weighted by molar-refractivity contribution is 6.04. The minimum Gasteiger partial charge on any atom is -0.274 e. The minimum absolute atomic E-state index is 0.153. The molecule has 0 bridgehead atoms. The molecule has 17 heavy (non-hydrogen) atoms. The molecule has 0 aromatic heterocycles. The first kappa shape index (κ1) is 13.4. The van der Waals surface area contributed by atoms with Crippen molar-refractivity contribution >= 4 is 11.8 Å². The lowest BCUT2D eigenvalue weighted by atomic mass is 9.76. The summed E-state index contributed by atoms with van der Waals surface area (Å²) in [6, 6.07) is 0. The lowest BCUT2D eigenvalue weighted by Crippen LogP contribution is -2.38. The van der Waals surface area contributed by atoms with Gasteiger partial charge >= 0.3 is 0 Å². The SMILES string of the molecule is C=CC1=C(C=C)C(CC)(CC)C(=O)N1C(C)=O. The van der Waals surface area contributed by atoms with Crippen LogP contribution in [0.1, 0.15) is 33.6 Å². The second kappa shape index (κ2) is 4.70. The van der Waals surface area contributed by atoms with E-state index in [-0.39, 0.29) is 11.8 Å². The molecule has 1 aliphatic heterocycles. The van der Waals surface area contributed by atoms with E-state index in [2.05, 4.69) is 13.2 Å². The fourth-order valence-corrected chi connectivity index (χ4v) is 2.55. The van der Waals surface area contributed by atoms with Crippen LogP contribution < -0.4 is 0 Å². The van der Waals surface area contributed by atoms with E-state index in [1.165, 1.54) is 11.8 Å². The molecule has 1 heterocycles. The molecule has 0 aromatic carbocycles. The van der Waals surface area contributed by atoms with Gasteiger partial charge in [0.1, 0.15) is 0 Å². The normalized spacial score (nSPS) is 18.5. The summed E-state index contributed by atoms with van der Waals surface area (Å²) in [5, 5.41) is 0. The van der Waals surface area contributed by atoms with Crippen LogP contribution in [0, 0.1) is 5.41 Å². The molecule has 0 atom stereocenters. The second-order valence-electron chi connectivity index (χ2n) is 4.16. The number of carbonyl (C=O) groups excluding carboxylic acids is 2. The predicted molar refractivity (Wildman–Crippen MR) is 68.0 cm³/mol. The minimum atomic E-state index is -0.614. The Morgan fingerprint density at radius 3 is 2.12 bits per heavy atom. The van der Waals surface area contributed by atoms with Crippen molar-refractivity contribution < 1.29 is 9.59 Å². The van der Waals surface area contributed by atoms with E-state index in [0.29, 0.717) is 18.5 Å². The van der Waals surface area contributed by atoms with Gasteiger partial charge < -0.3 is 0 Å². The summed E-state index contributed by atoms with van der Waals surface area (Å²) >= 11 is 0. The summed E-state index contributed by atoms with van der Waals surface area (Å²) < 4.78 is 0.